The highest BCUT2D eigenvalue weighted by molar-refractivity contribution is 8.03. The Morgan fingerprint density at radius 1 is 0.794 bits per heavy atom. The van der Waals surface area contributed by atoms with Crippen LogP contribution in [0.1, 0.15) is 28.7 Å². The van der Waals surface area contributed by atoms with Crippen LogP contribution in [-0.4, -0.2) is 12.2 Å². The molecule has 172 valence electrons. The summed E-state index contributed by atoms with van der Waals surface area (Å²) in [6.07, 6.45) is 3.87. The average molecular weight is 467 g/mol. The molecule has 0 atom stereocenters. The summed E-state index contributed by atoms with van der Waals surface area (Å²) in [6, 6.07) is 36.5. The van der Waals surface area contributed by atoms with Crippen LogP contribution in [0, 0.1) is 6.92 Å². The number of hydrogen-bond acceptors (Lipinski definition) is 3. The third-order valence-electron chi connectivity index (χ3n) is 5.91. The summed E-state index contributed by atoms with van der Waals surface area (Å²) < 4.78 is 5.28. The van der Waals surface area contributed by atoms with Crippen molar-refractivity contribution in [2.45, 2.75) is 30.3 Å². The lowest BCUT2D eigenvalue weighted by Crippen LogP contribution is -2.28. The SMILES string of the molecule is COc1ccc(CC/C=C(/Sc2ccc(C)cc2)C(O)(c2ccccc2)c2ccccc2)cc1. The minimum absolute atomic E-state index is 0.808. The van der Waals surface area contributed by atoms with E-state index in [0.717, 1.165) is 39.5 Å². The number of hydrogen-bond donors (Lipinski definition) is 1. The molecule has 0 saturated heterocycles. The Kier molecular flexibility index (Phi) is 7.89. The highest BCUT2D eigenvalue weighted by Crippen LogP contribution is 2.45. The van der Waals surface area contributed by atoms with E-state index in [2.05, 4.69) is 49.4 Å². The summed E-state index contributed by atoms with van der Waals surface area (Å²) in [7, 11) is 1.68. The van der Waals surface area contributed by atoms with E-state index in [1.807, 2.05) is 72.8 Å². The van der Waals surface area contributed by atoms with Crippen molar-refractivity contribution < 1.29 is 9.84 Å². The normalized spacial score (nSPS) is 11.9. The molecule has 0 bridgehead atoms. The first-order valence-electron chi connectivity index (χ1n) is 11.5. The van der Waals surface area contributed by atoms with Gasteiger partial charge in [0.25, 0.3) is 0 Å². The lowest BCUT2D eigenvalue weighted by Gasteiger charge is -2.32. The maximum absolute atomic E-state index is 12.4. The molecule has 0 saturated carbocycles. The second-order valence-electron chi connectivity index (χ2n) is 8.31. The molecule has 3 heteroatoms. The van der Waals surface area contributed by atoms with Crippen molar-refractivity contribution in [3.05, 3.63) is 142 Å². The zero-order valence-electron chi connectivity index (χ0n) is 19.6. The Labute approximate surface area is 206 Å². The van der Waals surface area contributed by atoms with Crippen molar-refractivity contribution in [1.82, 2.24) is 0 Å². The number of allylic oxidation sites excluding steroid dienone is 1. The van der Waals surface area contributed by atoms with Gasteiger partial charge in [-0.2, -0.15) is 0 Å². The van der Waals surface area contributed by atoms with Crippen LogP contribution in [0.5, 0.6) is 5.75 Å². The van der Waals surface area contributed by atoms with Crippen LogP contribution in [-0.2, 0) is 12.0 Å². The Morgan fingerprint density at radius 3 is 1.88 bits per heavy atom. The van der Waals surface area contributed by atoms with E-state index in [9.17, 15) is 5.11 Å². The lowest BCUT2D eigenvalue weighted by atomic mass is 9.85. The third kappa shape index (κ3) is 5.61. The fraction of sp³-hybridized carbons (Fsp3) is 0.161. The van der Waals surface area contributed by atoms with E-state index in [-0.39, 0.29) is 0 Å². The zero-order chi connectivity index (χ0) is 23.8. The van der Waals surface area contributed by atoms with E-state index in [0.29, 0.717) is 0 Å². The van der Waals surface area contributed by atoms with E-state index < -0.39 is 5.60 Å². The minimum atomic E-state index is -1.25. The van der Waals surface area contributed by atoms with E-state index in [4.69, 9.17) is 4.74 Å². The molecule has 4 aromatic rings. The zero-order valence-corrected chi connectivity index (χ0v) is 20.5. The molecule has 0 aliphatic heterocycles. The highest BCUT2D eigenvalue weighted by atomic mass is 32.2. The molecule has 2 nitrogen and oxygen atoms in total. The van der Waals surface area contributed by atoms with Gasteiger partial charge in [-0.1, -0.05) is 108 Å². The molecule has 4 aromatic carbocycles. The molecule has 0 radical (unpaired) electrons. The van der Waals surface area contributed by atoms with Crippen molar-refractivity contribution in [2.75, 3.05) is 7.11 Å². The fourth-order valence-electron chi connectivity index (χ4n) is 3.97. The van der Waals surface area contributed by atoms with Crippen molar-refractivity contribution in [3.63, 3.8) is 0 Å². The van der Waals surface area contributed by atoms with E-state index >= 15 is 0 Å². The molecule has 0 fully saturated rings. The van der Waals surface area contributed by atoms with Crippen LogP contribution in [0.4, 0.5) is 0 Å². The average Bonchev–Trinajstić information content (AvgIpc) is 2.90. The summed E-state index contributed by atoms with van der Waals surface area (Å²) in [4.78, 5) is 2.01. The Bertz CT molecular complexity index is 1160. The summed E-state index contributed by atoms with van der Waals surface area (Å²) in [5.74, 6) is 0.859. The predicted molar refractivity (Wildman–Crippen MR) is 142 cm³/mol. The molecule has 4 rings (SSSR count). The lowest BCUT2D eigenvalue weighted by molar-refractivity contribution is 0.130. The topological polar surface area (TPSA) is 29.5 Å². The molecular formula is C31H30O2S. The molecule has 34 heavy (non-hydrogen) atoms. The number of ether oxygens (including phenoxy) is 1. The van der Waals surface area contributed by atoms with Crippen molar-refractivity contribution >= 4 is 11.8 Å². The smallest absolute Gasteiger partial charge is 0.146 e. The number of aliphatic hydroxyl groups is 1. The van der Waals surface area contributed by atoms with Gasteiger partial charge in [0.15, 0.2) is 0 Å². The Morgan fingerprint density at radius 2 is 1.35 bits per heavy atom. The van der Waals surface area contributed by atoms with Gasteiger partial charge in [-0.25, -0.2) is 0 Å². The third-order valence-corrected chi connectivity index (χ3v) is 7.10. The molecular weight excluding hydrogens is 436 g/mol. The largest absolute Gasteiger partial charge is 0.497 e. The Balaban J connectivity index is 1.73. The quantitative estimate of drug-likeness (QED) is 0.258. The number of benzene rings is 4. The first-order chi connectivity index (χ1) is 16.6. The van der Waals surface area contributed by atoms with Crippen LogP contribution in [0.2, 0.25) is 0 Å². The fourth-order valence-corrected chi connectivity index (χ4v) is 5.08. The Hall–Kier alpha value is -3.27. The summed E-state index contributed by atoms with van der Waals surface area (Å²) in [6.45, 7) is 2.09. The van der Waals surface area contributed by atoms with E-state index in [1.165, 1.54) is 11.1 Å². The van der Waals surface area contributed by atoms with Gasteiger partial charge in [0.1, 0.15) is 11.4 Å². The van der Waals surface area contributed by atoms with Gasteiger partial charge in [0, 0.05) is 9.80 Å². The second-order valence-corrected chi connectivity index (χ2v) is 9.43. The number of aryl methyl sites for hydroxylation is 2. The molecule has 0 aromatic heterocycles. The van der Waals surface area contributed by atoms with Crippen LogP contribution in [0.3, 0.4) is 0 Å². The van der Waals surface area contributed by atoms with Gasteiger partial charge in [0.2, 0.25) is 0 Å². The van der Waals surface area contributed by atoms with Gasteiger partial charge in [-0.05, 0) is 60.7 Å². The van der Waals surface area contributed by atoms with Gasteiger partial charge in [-0.3, -0.25) is 0 Å². The summed E-state index contributed by atoms with van der Waals surface area (Å²) in [5, 5.41) is 12.4. The van der Waals surface area contributed by atoms with E-state index in [1.54, 1.807) is 18.9 Å². The monoisotopic (exact) mass is 466 g/mol. The first-order valence-corrected chi connectivity index (χ1v) is 12.3. The second kappa shape index (κ2) is 11.2. The molecule has 0 aliphatic carbocycles. The van der Waals surface area contributed by atoms with Crippen LogP contribution < -0.4 is 4.74 Å². The van der Waals surface area contributed by atoms with Gasteiger partial charge < -0.3 is 9.84 Å². The first kappa shape index (κ1) is 23.9. The van der Waals surface area contributed by atoms with Gasteiger partial charge in [0.05, 0.1) is 7.11 Å². The maximum Gasteiger partial charge on any atom is 0.146 e. The number of rotatable bonds is 9. The molecule has 0 amide bonds. The van der Waals surface area contributed by atoms with Gasteiger partial charge >= 0.3 is 0 Å². The van der Waals surface area contributed by atoms with Crippen molar-refractivity contribution in [2.24, 2.45) is 0 Å². The maximum atomic E-state index is 12.4. The standard InChI is InChI=1S/C31H30O2S/c1-24-16-22-29(23-17-24)34-30(15-9-10-25-18-20-28(33-2)21-19-25)31(32,26-11-5-3-6-12-26)27-13-7-4-8-14-27/h3-8,11-23,32H,9-10H2,1-2H3/b30-15+. The van der Waals surface area contributed by atoms with Crippen LogP contribution >= 0.6 is 11.8 Å². The van der Waals surface area contributed by atoms with Crippen molar-refractivity contribution in [1.29, 1.82) is 0 Å². The molecule has 1 N–H and O–H groups in total. The molecule has 0 aliphatic rings. The van der Waals surface area contributed by atoms with Gasteiger partial charge in [-0.15, -0.1) is 0 Å². The number of methoxy groups -OCH3 is 1. The molecule has 0 unspecified atom stereocenters. The van der Waals surface area contributed by atoms with Crippen LogP contribution in [0.15, 0.2) is 125 Å². The minimum Gasteiger partial charge on any atom is -0.497 e. The van der Waals surface area contributed by atoms with Crippen molar-refractivity contribution in [3.8, 4) is 5.75 Å². The predicted octanol–water partition coefficient (Wildman–Crippen LogP) is 7.55. The summed E-state index contributed by atoms with van der Waals surface area (Å²) >= 11 is 1.63. The molecule has 0 heterocycles. The highest BCUT2D eigenvalue weighted by Gasteiger charge is 2.36. The summed E-state index contributed by atoms with van der Waals surface area (Å²) in [5.41, 5.74) is 2.92. The number of thioether (sulfide) groups is 1. The van der Waals surface area contributed by atoms with Crippen LogP contribution in [0.25, 0.3) is 0 Å². The molecule has 0 spiro atoms.